The molecule has 0 aliphatic rings. The maximum absolute atomic E-state index is 14.0. The Bertz CT molecular complexity index is 1220. The molecular formula is C22H19F5N2O3. The predicted molar refractivity (Wildman–Crippen MR) is 110 cm³/mol. The lowest BCUT2D eigenvalue weighted by molar-refractivity contribution is -0.231. The first-order chi connectivity index (χ1) is 14.9. The van der Waals surface area contributed by atoms with Crippen LogP contribution >= 0.6 is 0 Å². The van der Waals surface area contributed by atoms with Gasteiger partial charge >= 0.3 is 6.18 Å². The summed E-state index contributed by atoms with van der Waals surface area (Å²) in [4.78, 5) is 17.5. The second-order valence-electron chi connectivity index (χ2n) is 7.35. The van der Waals surface area contributed by atoms with Crippen LogP contribution in [-0.4, -0.2) is 35.2 Å². The van der Waals surface area contributed by atoms with E-state index in [1.54, 1.807) is 0 Å². The Labute approximate surface area is 179 Å². The van der Waals surface area contributed by atoms with Gasteiger partial charge in [0.05, 0.1) is 18.3 Å². The first kappa shape index (κ1) is 23.4. The number of H-pyrrole nitrogens is 1. The van der Waals surface area contributed by atoms with Gasteiger partial charge in [-0.05, 0) is 42.2 Å². The SMILES string of the molecule is COc1cc(F)ccc1C(C)CC(O)(/C=N/c1ccc(F)c2[nH]c(=O)ccc12)C(F)(F)F. The summed E-state index contributed by atoms with van der Waals surface area (Å²) < 4.78 is 73.9. The average molecular weight is 454 g/mol. The molecular weight excluding hydrogens is 435 g/mol. The quantitative estimate of drug-likeness (QED) is 0.407. The number of hydrogen-bond donors (Lipinski definition) is 2. The van der Waals surface area contributed by atoms with Crippen LogP contribution in [0.2, 0.25) is 0 Å². The molecule has 0 saturated heterocycles. The predicted octanol–water partition coefficient (Wildman–Crippen LogP) is 5.00. The van der Waals surface area contributed by atoms with E-state index in [0.29, 0.717) is 6.21 Å². The Balaban J connectivity index is 2.01. The summed E-state index contributed by atoms with van der Waals surface area (Å²) in [5.41, 5.74) is -3.96. The number of ether oxygens (including phenoxy) is 1. The van der Waals surface area contributed by atoms with Gasteiger partial charge in [0.25, 0.3) is 0 Å². The summed E-state index contributed by atoms with van der Waals surface area (Å²) in [6.07, 6.45) is -5.59. The lowest BCUT2D eigenvalue weighted by atomic mass is 9.86. The lowest BCUT2D eigenvalue weighted by Crippen LogP contribution is -2.47. The van der Waals surface area contributed by atoms with E-state index in [2.05, 4.69) is 9.98 Å². The number of aromatic amines is 1. The van der Waals surface area contributed by atoms with Crippen molar-refractivity contribution in [3.63, 3.8) is 0 Å². The zero-order chi connectivity index (χ0) is 23.7. The van der Waals surface area contributed by atoms with Gasteiger partial charge in [-0.25, -0.2) is 8.78 Å². The summed E-state index contributed by atoms with van der Waals surface area (Å²) in [6.45, 7) is 1.43. The van der Waals surface area contributed by atoms with Crippen LogP contribution in [0.25, 0.3) is 10.9 Å². The van der Waals surface area contributed by atoms with Crippen LogP contribution in [0.5, 0.6) is 5.75 Å². The summed E-state index contributed by atoms with van der Waals surface area (Å²) >= 11 is 0. The molecule has 0 radical (unpaired) electrons. The second kappa shape index (κ2) is 8.70. The van der Waals surface area contributed by atoms with Crippen LogP contribution in [0.3, 0.4) is 0 Å². The molecule has 2 atom stereocenters. The minimum Gasteiger partial charge on any atom is -0.496 e. The van der Waals surface area contributed by atoms with E-state index < -0.39 is 41.3 Å². The van der Waals surface area contributed by atoms with E-state index in [0.717, 1.165) is 30.3 Å². The average Bonchev–Trinajstić information content (AvgIpc) is 2.72. The topological polar surface area (TPSA) is 74.7 Å². The molecule has 0 saturated carbocycles. The number of rotatable bonds is 6. The molecule has 0 aliphatic heterocycles. The number of methoxy groups -OCH3 is 1. The zero-order valence-corrected chi connectivity index (χ0v) is 17.0. The van der Waals surface area contributed by atoms with Crippen LogP contribution in [0, 0.1) is 11.6 Å². The smallest absolute Gasteiger partial charge is 0.422 e. The molecule has 5 nitrogen and oxygen atoms in total. The number of aliphatic hydroxyl groups is 1. The lowest BCUT2D eigenvalue weighted by Gasteiger charge is -2.30. The van der Waals surface area contributed by atoms with Crippen molar-refractivity contribution in [2.24, 2.45) is 4.99 Å². The van der Waals surface area contributed by atoms with Gasteiger partial charge in [0, 0.05) is 23.7 Å². The van der Waals surface area contributed by atoms with Gasteiger partial charge in [0.2, 0.25) is 5.56 Å². The summed E-state index contributed by atoms with van der Waals surface area (Å²) in [5, 5.41) is 10.6. The standard InChI is InChI=1S/C22H19F5N2O3/c1-12(14-4-3-13(23)9-18(14)32-2)10-21(31,22(25,26)27)11-28-17-7-6-16(24)20-15(17)5-8-19(30)29-20/h3-9,11-12,31H,10H2,1-2H3,(H,29,30)/b28-11+. The minimum atomic E-state index is -5.10. The van der Waals surface area contributed by atoms with Crippen LogP contribution in [-0.2, 0) is 0 Å². The maximum Gasteiger partial charge on any atom is 0.422 e. The fourth-order valence-corrected chi connectivity index (χ4v) is 3.40. The largest absolute Gasteiger partial charge is 0.496 e. The Morgan fingerprint density at radius 1 is 1.16 bits per heavy atom. The van der Waals surface area contributed by atoms with Gasteiger partial charge in [0.15, 0.2) is 5.60 Å². The van der Waals surface area contributed by atoms with E-state index in [9.17, 15) is 31.9 Å². The number of nitrogens with zero attached hydrogens (tertiary/aromatic N) is 1. The van der Waals surface area contributed by atoms with Gasteiger partial charge in [0.1, 0.15) is 17.4 Å². The van der Waals surface area contributed by atoms with E-state index in [1.165, 1.54) is 26.2 Å². The Hall–Kier alpha value is -3.27. The molecule has 0 amide bonds. The maximum atomic E-state index is 14.0. The van der Waals surface area contributed by atoms with Crippen LogP contribution in [0.1, 0.15) is 24.8 Å². The van der Waals surface area contributed by atoms with E-state index >= 15 is 0 Å². The molecule has 2 N–H and O–H groups in total. The number of hydrogen-bond acceptors (Lipinski definition) is 4. The minimum absolute atomic E-state index is 0.0486. The molecule has 0 bridgehead atoms. The third kappa shape index (κ3) is 4.64. The van der Waals surface area contributed by atoms with Crippen molar-refractivity contribution in [3.05, 3.63) is 70.0 Å². The summed E-state index contributed by atoms with van der Waals surface area (Å²) in [5.74, 6) is -2.25. The Morgan fingerprint density at radius 3 is 2.53 bits per heavy atom. The molecule has 0 fully saturated rings. The molecule has 1 heterocycles. The highest BCUT2D eigenvalue weighted by molar-refractivity contribution is 5.92. The number of aromatic nitrogens is 1. The normalized spacial score (nSPS) is 15.1. The highest BCUT2D eigenvalue weighted by atomic mass is 19.4. The van der Waals surface area contributed by atoms with Gasteiger partial charge < -0.3 is 14.8 Å². The van der Waals surface area contributed by atoms with E-state index in [1.807, 2.05) is 0 Å². The van der Waals surface area contributed by atoms with Crippen LogP contribution in [0.15, 0.2) is 52.3 Å². The fraction of sp³-hybridized carbons (Fsp3) is 0.273. The molecule has 32 heavy (non-hydrogen) atoms. The second-order valence-corrected chi connectivity index (χ2v) is 7.35. The number of alkyl halides is 3. The molecule has 0 spiro atoms. The van der Waals surface area contributed by atoms with Gasteiger partial charge in [-0.1, -0.05) is 13.0 Å². The third-order valence-electron chi connectivity index (χ3n) is 5.07. The number of pyridine rings is 1. The van der Waals surface area contributed by atoms with Gasteiger partial charge in [-0.3, -0.25) is 9.79 Å². The van der Waals surface area contributed by atoms with Gasteiger partial charge in [-0.15, -0.1) is 0 Å². The molecule has 3 rings (SSSR count). The Kier molecular flexibility index (Phi) is 6.36. The first-order valence-electron chi connectivity index (χ1n) is 9.44. The molecule has 0 aliphatic carbocycles. The monoisotopic (exact) mass is 454 g/mol. The molecule has 10 heteroatoms. The van der Waals surface area contributed by atoms with Crippen molar-refractivity contribution in [1.29, 1.82) is 0 Å². The molecule has 1 aromatic heterocycles. The highest BCUT2D eigenvalue weighted by Gasteiger charge is 2.53. The Morgan fingerprint density at radius 2 is 1.88 bits per heavy atom. The first-order valence-corrected chi connectivity index (χ1v) is 9.44. The van der Waals surface area contributed by atoms with Crippen LogP contribution < -0.4 is 10.3 Å². The van der Waals surface area contributed by atoms with Crippen molar-refractivity contribution in [2.75, 3.05) is 7.11 Å². The highest BCUT2D eigenvalue weighted by Crippen LogP contribution is 2.40. The van der Waals surface area contributed by atoms with E-state index in [4.69, 9.17) is 4.74 Å². The summed E-state index contributed by atoms with van der Waals surface area (Å²) in [7, 11) is 1.26. The van der Waals surface area contributed by atoms with Gasteiger partial charge in [-0.2, -0.15) is 13.2 Å². The molecule has 2 aromatic carbocycles. The van der Waals surface area contributed by atoms with Crippen molar-refractivity contribution >= 4 is 22.8 Å². The number of nitrogens with one attached hydrogen (secondary N) is 1. The zero-order valence-electron chi connectivity index (χ0n) is 17.0. The number of fused-ring (bicyclic) bond motifs is 1. The molecule has 170 valence electrons. The fourth-order valence-electron chi connectivity index (χ4n) is 3.40. The van der Waals surface area contributed by atoms with Crippen LogP contribution in [0.4, 0.5) is 27.6 Å². The van der Waals surface area contributed by atoms with Crippen molar-refractivity contribution in [3.8, 4) is 5.75 Å². The van der Waals surface area contributed by atoms with Crippen molar-refractivity contribution in [1.82, 2.24) is 4.98 Å². The number of halogens is 5. The molecule has 2 unspecified atom stereocenters. The molecule has 3 aromatic rings. The third-order valence-corrected chi connectivity index (χ3v) is 5.07. The summed E-state index contributed by atoms with van der Waals surface area (Å²) in [6, 6.07) is 7.80. The van der Waals surface area contributed by atoms with Crippen molar-refractivity contribution in [2.45, 2.75) is 31.0 Å². The number of benzene rings is 2. The number of aliphatic imine (C=N–C) groups is 1. The van der Waals surface area contributed by atoms with Crippen molar-refractivity contribution < 1.29 is 31.8 Å². The van der Waals surface area contributed by atoms with E-state index in [-0.39, 0.29) is 27.9 Å².